The molecule has 7 heteroatoms. The van der Waals surface area contributed by atoms with Crippen molar-refractivity contribution in [1.82, 2.24) is 20.3 Å². The molecule has 3 aliphatic rings. The molecule has 1 amide bonds. The summed E-state index contributed by atoms with van der Waals surface area (Å²) in [5.74, 6) is 0.425. The van der Waals surface area contributed by atoms with Gasteiger partial charge in [-0.2, -0.15) is 15.4 Å². The van der Waals surface area contributed by atoms with E-state index in [-0.39, 0.29) is 17.8 Å². The van der Waals surface area contributed by atoms with Crippen molar-refractivity contribution < 1.29 is 9.18 Å². The second-order valence-electron chi connectivity index (χ2n) is 9.02. The fraction of sp³-hybridized carbons (Fsp3) is 0.522. The third-order valence-corrected chi connectivity index (χ3v) is 7.33. The van der Waals surface area contributed by atoms with Crippen molar-refractivity contribution in [3.8, 4) is 0 Å². The monoisotopic (exact) mass is 409 g/mol. The Morgan fingerprint density at radius 1 is 1.23 bits per heavy atom. The summed E-state index contributed by atoms with van der Waals surface area (Å²) < 4.78 is 13.7. The maximum Gasteiger partial charge on any atom is 0.248 e. The van der Waals surface area contributed by atoms with Crippen LogP contribution in [-0.4, -0.2) is 38.3 Å². The average molecular weight is 410 g/mol. The minimum atomic E-state index is -0.374. The molecule has 2 aromatic rings. The predicted octanol–water partition coefficient (Wildman–Crippen LogP) is 4.01. The largest absolute Gasteiger partial charge is 0.366 e. The van der Waals surface area contributed by atoms with E-state index in [9.17, 15) is 9.18 Å². The van der Waals surface area contributed by atoms with Crippen LogP contribution in [0.5, 0.6) is 0 Å². The number of nitrogens with two attached hydrogens (primary N) is 1. The number of nitrogens with one attached hydrogen (secondary N) is 1. The normalized spacial score (nSPS) is 30.1. The quantitative estimate of drug-likeness (QED) is 0.781. The molecule has 1 aromatic heterocycles. The number of allylic oxidation sites excluding steroid dienone is 2. The molecular weight excluding hydrogens is 381 g/mol. The zero-order valence-corrected chi connectivity index (χ0v) is 17.0. The van der Waals surface area contributed by atoms with Gasteiger partial charge in [0.15, 0.2) is 0 Å². The van der Waals surface area contributed by atoms with Gasteiger partial charge in [0.1, 0.15) is 0 Å². The number of amides is 1. The first-order valence-corrected chi connectivity index (χ1v) is 11.0. The van der Waals surface area contributed by atoms with Crippen LogP contribution in [0.25, 0.3) is 0 Å². The SMILES string of the molecule is NC(=O)c1cccc(C2CC3CCC(C2)N3C(c2cn[nH]n2)C2CC=C(F)CC2)c1. The summed E-state index contributed by atoms with van der Waals surface area (Å²) in [6, 6.07) is 8.90. The van der Waals surface area contributed by atoms with E-state index in [0.29, 0.717) is 35.9 Å². The number of hydrogen-bond donors (Lipinski definition) is 2. The summed E-state index contributed by atoms with van der Waals surface area (Å²) in [6.45, 7) is 0. The van der Waals surface area contributed by atoms with Gasteiger partial charge < -0.3 is 5.73 Å². The fourth-order valence-corrected chi connectivity index (χ4v) is 5.99. The highest BCUT2D eigenvalue weighted by Gasteiger charge is 2.47. The van der Waals surface area contributed by atoms with E-state index in [4.69, 9.17) is 5.73 Å². The van der Waals surface area contributed by atoms with Gasteiger partial charge in [-0.3, -0.25) is 9.69 Å². The number of rotatable bonds is 5. The Morgan fingerprint density at radius 3 is 2.67 bits per heavy atom. The van der Waals surface area contributed by atoms with Crippen LogP contribution in [0.4, 0.5) is 4.39 Å². The molecule has 4 unspecified atom stereocenters. The Hall–Kier alpha value is -2.54. The fourth-order valence-electron chi connectivity index (χ4n) is 5.99. The minimum absolute atomic E-state index is 0.0150. The molecule has 1 aromatic carbocycles. The van der Waals surface area contributed by atoms with Crippen molar-refractivity contribution in [3.63, 3.8) is 0 Å². The number of nitrogens with zero attached hydrogens (tertiary/aromatic N) is 3. The molecule has 3 heterocycles. The van der Waals surface area contributed by atoms with Gasteiger partial charge in [0.2, 0.25) is 5.91 Å². The molecule has 2 saturated heterocycles. The highest BCUT2D eigenvalue weighted by Crippen LogP contribution is 2.50. The molecule has 3 N–H and O–H groups in total. The first-order valence-electron chi connectivity index (χ1n) is 11.0. The second-order valence-corrected chi connectivity index (χ2v) is 9.02. The topological polar surface area (TPSA) is 87.9 Å². The molecule has 0 spiro atoms. The molecule has 0 radical (unpaired) electrons. The van der Waals surface area contributed by atoms with Gasteiger partial charge in [-0.25, -0.2) is 4.39 Å². The Labute approximate surface area is 175 Å². The molecule has 2 fully saturated rings. The van der Waals surface area contributed by atoms with E-state index >= 15 is 0 Å². The van der Waals surface area contributed by atoms with Crippen molar-refractivity contribution >= 4 is 5.91 Å². The molecule has 1 aliphatic carbocycles. The number of carbonyl (C=O) groups is 1. The van der Waals surface area contributed by atoms with Crippen LogP contribution in [0.1, 0.15) is 78.5 Å². The predicted molar refractivity (Wildman–Crippen MR) is 111 cm³/mol. The molecule has 6 nitrogen and oxygen atoms in total. The van der Waals surface area contributed by atoms with E-state index in [1.165, 1.54) is 18.4 Å². The number of aromatic nitrogens is 3. The highest BCUT2D eigenvalue weighted by atomic mass is 19.1. The van der Waals surface area contributed by atoms with Gasteiger partial charge in [0, 0.05) is 17.6 Å². The van der Waals surface area contributed by atoms with E-state index in [2.05, 4.69) is 26.4 Å². The van der Waals surface area contributed by atoms with Crippen LogP contribution in [0.15, 0.2) is 42.4 Å². The Kier molecular flexibility index (Phi) is 5.15. The third-order valence-electron chi connectivity index (χ3n) is 7.33. The van der Waals surface area contributed by atoms with Crippen molar-refractivity contribution in [2.75, 3.05) is 0 Å². The first-order chi connectivity index (χ1) is 14.6. The zero-order valence-electron chi connectivity index (χ0n) is 17.0. The number of primary amides is 1. The van der Waals surface area contributed by atoms with Crippen LogP contribution < -0.4 is 5.73 Å². The number of hydrogen-bond acceptors (Lipinski definition) is 4. The number of halogens is 1. The average Bonchev–Trinajstić information content (AvgIpc) is 3.36. The number of carbonyl (C=O) groups excluding carboxylic acids is 1. The minimum Gasteiger partial charge on any atom is -0.366 e. The van der Waals surface area contributed by atoms with E-state index in [0.717, 1.165) is 31.4 Å². The Balaban J connectivity index is 1.41. The van der Waals surface area contributed by atoms with Gasteiger partial charge in [-0.1, -0.05) is 18.2 Å². The van der Waals surface area contributed by atoms with Gasteiger partial charge in [0.25, 0.3) is 0 Å². The lowest BCUT2D eigenvalue weighted by molar-refractivity contribution is 0.0379. The smallest absolute Gasteiger partial charge is 0.248 e. The first kappa shape index (κ1) is 19.4. The summed E-state index contributed by atoms with van der Waals surface area (Å²) in [7, 11) is 0. The molecular formula is C23H28FN5O. The van der Waals surface area contributed by atoms with Gasteiger partial charge in [-0.15, -0.1) is 0 Å². The van der Waals surface area contributed by atoms with E-state index < -0.39 is 0 Å². The van der Waals surface area contributed by atoms with Crippen molar-refractivity contribution in [2.24, 2.45) is 11.7 Å². The second kappa shape index (κ2) is 7.95. The van der Waals surface area contributed by atoms with Crippen LogP contribution in [-0.2, 0) is 0 Å². The van der Waals surface area contributed by atoms with Crippen LogP contribution in [0, 0.1) is 5.92 Å². The standard InChI is InChI=1S/C23H28FN5O/c24-18-6-4-14(5-7-18)22(21-13-26-28-27-21)29-19-8-9-20(29)12-17(11-19)15-2-1-3-16(10-15)23(25)30/h1-3,6,10,13-14,17,19-20,22H,4-5,7-9,11-12H2,(H2,25,30)(H,26,27,28). The molecule has 4 atom stereocenters. The number of aromatic amines is 1. The zero-order chi connectivity index (χ0) is 20.7. The maximum absolute atomic E-state index is 13.7. The Morgan fingerprint density at radius 2 is 2.03 bits per heavy atom. The molecule has 2 aliphatic heterocycles. The molecule has 2 bridgehead atoms. The van der Waals surface area contributed by atoms with Crippen molar-refractivity contribution in [1.29, 1.82) is 0 Å². The van der Waals surface area contributed by atoms with Gasteiger partial charge in [-0.05, 0) is 74.5 Å². The van der Waals surface area contributed by atoms with Crippen LogP contribution in [0.2, 0.25) is 0 Å². The van der Waals surface area contributed by atoms with Gasteiger partial charge in [0.05, 0.1) is 23.8 Å². The van der Waals surface area contributed by atoms with Crippen molar-refractivity contribution in [3.05, 3.63) is 59.2 Å². The lowest BCUT2D eigenvalue weighted by Gasteiger charge is -2.46. The highest BCUT2D eigenvalue weighted by molar-refractivity contribution is 5.92. The van der Waals surface area contributed by atoms with Gasteiger partial charge >= 0.3 is 0 Å². The van der Waals surface area contributed by atoms with Crippen molar-refractivity contribution in [2.45, 2.75) is 69.0 Å². The summed E-state index contributed by atoms with van der Waals surface area (Å²) >= 11 is 0. The summed E-state index contributed by atoms with van der Waals surface area (Å²) in [5, 5.41) is 11.3. The number of H-pyrrole nitrogens is 1. The summed E-state index contributed by atoms with van der Waals surface area (Å²) in [5.41, 5.74) is 8.26. The molecule has 0 saturated carbocycles. The van der Waals surface area contributed by atoms with E-state index in [1.54, 1.807) is 12.1 Å². The third kappa shape index (κ3) is 3.55. The summed E-state index contributed by atoms with van der Waals surface area (Å²) in [4.78, 5) is 14.3. The maximum atomic E-state index is 13.7. The van der Waals surface area contributed by atoms with E-state index in [1.807, 2.05) is 18.3 Å². The lowest BCUT2D eigenvalue weighted by Crippen LogP contribution is -2.47. The van der Waals surface area contributed by atoms with Crippen LogP contribution in [0.3, 0.4) is 0 Å². The number of benzene rings is 1. The number of piperidine rings is 1. The van der Waals surface area contributed by atoms with Crippen LogP contribution >= 0.6 is 0 Å². The molecule has 158 valence electrons. The lowest BCUT2D eigenvalue weighted by atomic mass is 9.79. The summed E-state index contributed by atoms with van der Waals surface area (Å²) in [6.07, 6.45) is 10.2. The molecule has 30 heavy (non-hydrogen) atoms. The molecule has 5 rings (SSSR count). The Bertz CT molecular complexity index is 929. The number of fused-ring (bicyclic) bond motifs is 2.